The van der Waals surface area contributed by atoms with Gasteiger partial charge >= 0.3 is 0 Å². The summed E-state index contributed by atoms with van der Waals surface area (Å²) in [6, 6.07) is 68.1. The molecule has 0 aliphatic carbocycles. The predicted octanol–water partition coefficient (Wildman–Crippen LogP) is 13.5. The summed E-state index contributed by atoms with van der Waals surface area (Å²) < 4.78 is 6.34. The summed E-state index contributed by atoms with van der Waals surface area (Å²) in [4.78, 5) is 10.4. The summed E-state index contributed by atoms with van der Waals surface area (Å²) in [6.07, 6.45) is 0. The number of benzene rings is 8. The van der Waals surface area contributed by atoms with Gasteiger partial charge in [0.2, 0.25) is 0 Å². The Kier molecular flexibility index (Phi) is 7.47. The molecule has 0 bridgehead atoms. The highest BCUT2D eigenvalue weighted by Gasteiger charge is 2.17. The average molecular weight is 677 g/mol. The zero-order valence-electron chi connectivity index (χ0n) is 28.8. The predicted molar refractivity (Wildman–Crippen MR) is 219 cm³/mol. The first-order valence-corrected chi connectivity index (χ1v) is 17.9. The summed E-state index contributed by atoms with van der Waals surface area (Å²) in [5.74, 6) is 0.684. The first kappa shape index (κ1) is 30.7. The van der Waals surface area contributed by atoms with Gasteiger partial charge in [0.25, 0.3) is 0 Å². The van der Waals surface area contributed by atoms with E-state index in [1.807, 2.05) is 36.4 Å². The lowest BCUT2D eigenvalue weighted by Crippen LogP contribution is -1.97. The number of rotatable bonds is 6. The van der Waals surface area contributed by atoms with Crippen LogP contribution in [0.1, 0.15) is 0 Å². The molecule has 3 nitrogen and oxygen atoms in total. The van der Waals surface area contributed by atoms with Crippen molar-refractivity contribution in [1.82, 2.24) is 9.97 Å². The molecule has 0 atom stereocenters. The molecule has 0 unspecified atom stereocenters. The SMILES string of the molecule is c1ccc(-c2cccc(-c3cc(-c4cc(-c5ccc6ccccc6c5)cc(-c5cccc6oc7ccccc7c56)c4)nc(-c4ccccc4)n3)c2)cc1. The van der Waals surface area contributed by atoms with E-state index in [4.69, 9.17) is 14.4 Å². The highest BCUT2D eigenvalue weighted by molar-refractivity contribution is 6.12. The Morgan fingerprint density at radius 2 is 0.906 bits per heavy atom. The van der Waals surface area contributed by atoms with Crippen LogP contribution in [-0.4, -0.2) is 9.97 Å². The van der Waals surface area contributed by atoms with E-state index < -0.39 is 0 Å². The van der Waals surface area contributed by atoms with Gasteiger partial charge in [0.15, 0.2) is 5.82 Å². The van der Waals surface area contributed by atoms with Crippen molar-refractivity contribution in [2.24, 2.45) is 0 Å². The van der Waals surface area contributed by atoms with Gasteiger partial charge in [-0.25, -0.2) is 9.97 Å². The molecule has 0 saturated heterocycles. The molecule has 0 N–H and O–H groups in total. The van der Waals surface area contributed by atoms with Crippen LogP contribution >= 0.6 is 0 Å². The Hall–Kier alpha value is -7.10. The van der Waals surface area contributed by atoms with Crippen LogP contribution in [0.25, 0.3) is 100.0 Å². The van der Waals surface area contributed by atoms with Crippen molar-refractivity contribution in [3.8, 4) is 67.3 Å². The number of hydrogen-bond acceptors (Lipinski definition) is 3. The van der Waals surface area contributed by atoms with E-state index in [1.54, 1.807) is 0 Å². The molecule has 53 heavy (non-hydrogen) atoms. The smallest absolute Gasteiger partial charge is 0.160 e. The van der Waals surface area contributed by atoms with Crippen LogP contribution in [0.4, 0.5) is 0 Å². The number of furan rings is 1. The highest BCUT2D eigenvalue weighted by Crippen LogP contribution is 2.41. The fourth-order valence-corrected chi connectivity index (χ4v) is 7.43. The van der Waals surface area contributed by atoms with Crippen LogP contribution in [-0.2, 0) is 0 Å². The van der Waals surface area contributed by atoms with Crippen LogP contribution in [0.5, 0.6) is 0 Å². The summed E-state index contributed by atoms with van der Waals surface area (Å²) in [5.41, 5.74) is 13.3. The first-order chi connectivity index (χ1) is 26.2. The third-order valence-electron chi connectivity index (χ3n) is 10.0. The van der Waals surface area contributed by atoms with Crippen molar-refractivity contribution >= 4 is 32.7 Å². The van der Waals surface area contributed by atoms with Crippen molar-refractivity contribution in [3.05, 3.63) is 194 Å². The topological polar surface area (TPSA) is 38.9 Å². The van der Waals surface area contributed by atoms with Gasteiger partial charge in [0.05, 0.1) is 11.4 Å². The van der Waals surface area contributed by atoms with E-state index in [1.165, 1.54) is 16.3 Å². The molecule has 2 aromatic heterocycles. The van der Waals surface area contributed by atoms with E-state index in [2.05, 4.69) is 158 Å². The Morgan fingerprint density at radius 1 is 0.321 bits per heavy atom. The molecule has 248 valence electrons. The molecule has 0 fully saturated rings. The molecule has 0 amide bonds. The van der Waals surface area contributed by atoms with Crippen LogP contribution in [0.2, 0.25) is 0 Å². The van der Waals surface area contributed by atoms with Crippen molar-refractivity contribution in [2.75, 3.05) is 0 Å². The summed E-state index contributed by atoms with van der Waals surface area (Å²) in [6.45, 7) is 0. The second kappa shape index (κ2) is 12.9. The molecular weight excluding hydrogens is 645 g/mol. The van der Waals surface area contributed by atoms with Gasteiger partial charge in [0, 0.05) is 27.5 Å². The second-order valence-electron chi connectivity index (χ2n) is 13.4. The molecule has 0 aliphatic heterocycles. The summed E-state index contributed by atoms with van der Waals surface area (Å²) in [5, 5.41) is 4.63. The summed E-state index contributed by atoms with van der Waals surface area (Å²) in [7, 11) is 0. The Labute approximate surface area is 307 Å². The minimum atomic E-state index is 0.684. The number of hydrogen-bond donors (Lipinski definition) is 0. The maximum atomic E-state index is 6.34. The molecule has 2 heterocycles. The Bertz CT molecular complexity index is 2950. The maximum Gasteiger partial charge on any atom is 0.160 e. The normalized spacial score (nSPS) is 11.4. The standard InChI is InChI=1S/C50H32N2O/c1-3-13-33(14-4-1)37-19-11-20-39(28-37)45-32-46(52-50(51-45)35-16-5-2-6-17-35)42-30-40(38-26-25-34-15-7-8-18-36(34)27-38)29-41(31-42)43-22-12-24-48-49(43)44-21-9-10-23-47(44)53-48/h1-32H. The molecule has 10 aromatic rings. The van der Waals surface area contributed by atoms with E-state index in [0.717, 1.165) is 77.8 Å². The Morgan fingerprint density at radius 3 is 1.75 bits per heavy atom. The zero-order chi connectivity index (χ0) is 35.1. The number of fused-ring (bicyclic) bond motifs is 4. The van der Waals surface area contributed by atoms with Crippen molar-refractivity contribution in [3.63, 3.8) is 0 Å². The lowest BCUT2D eigenvalue weighted by molar-refractivity contribution is 0.669. The average Bonchev–Trinajstić information content (AvgIpc) is 3.63. The fraction of sp³-hybridized carbons (Fsp3) is 0. The minimum absolute atomic E-state index is 0.684. The van der Waals surface area contributed by atoms with E-state index in [-0.39, 0.29) is 0 Å². The maximum absolute atomic E-state index is 6.34. The molecule has 3 heteroatoms. The van der Waals surface area contributed by atoms with Crippen molar-refractivity contribution < 1.29 is 4.42 Å². The molecule has 0 spiro atoms. The molecule has 8 aromatic carbocycles. The Balaban J connectivity index is 1.22. The van der Waals surface area contributed by atoms with Crippen LogP contribution in [0, 0.1) is 0 Å². The van der Waals surface area contributed by atoms with Gasteiger partial charge < -0.3 is 4.42 Å². The summed E-state index contributed by atoms with van der Waals surface area (Å²) >= 11 is 0. The lowest BCUT2D eigenvalue weighted by atomic mass is 9.92. The molecule has 0 saturated carbocycles. The van der Waals surface area contributed by atoms with Gasteiger partial charge in [-0.15, -0.1) is 0 Å². The molecule has 10 rings (SSSR count). The first-order valence-electron chi connectivity index (χ1n) is 17.9. The monoisotopic (exact) mass is 676 g/mol. The number of para-hydroxylation sites is 1. The highest BCUT2D eigenvalue weighted by atomic mass is 16.3. The van der Waals surface area contributed by atoms with Crippen LogP contribution < -0.4 is 0 Å². The molecule has 0 aliphatic rings. The third-order valence-corrected chi connectivity index (χ3v) is 10.0. The largest absolute Gasteiger partial charge is 0.456 e. The van der Waals surface area contributed by atoms with E-state index in [9.17, 15) is 0 Å². The van der Waals surface area contributed by atoms with Gasteiger partial charge in [-0.2, -0.15) is 0 Å². The van der Waals surface area contributed by atoms with Gasteiger partial charge in [-0.05, 0) is 92.7 Å². The van der Waals surface area contributed by atoms with E-state index >= 15 is 0 Å². The quantitative estimate of drug-likeness (QED) is 0.176. The minimum Gasteiger partial charge on any atom is -0.456 e. The number of nitrogens with zero attached hydrogens (tertiary/aromatic N) is 2. The zero-order valence-corrected chi connectivity index (χ0v) is 28.8. The fourth-order valence-electron chi connectivity index (χ4n) is 7.43. The molecular formula is C50H32N2O. The van der Waals surface area contributed by atoms with Gasteiger partial charge in [-0.3, -0.25) is 0 Å². The van der Waals surface area contributed by atoms with E-state index in [0.29, 0.717) is 5.82 Å². The van der Waals surface area contributed by atoms with Crippen LogP contribution in [0.15, 0.2) is 199 Å². The number of aromatic nitrogens is 2. The lowest BCUT2D eigenvalue weighted by Gasteiger charge is -2.14. The van der Waals surface area contributed by atoms with Gasteiger partial charge in [0.1, 0.15) is 11.2 Å². The van der Waals surface area contributed by atoms with Crippen molar-refractivity contribution in [2.45, 2.75) is 0 Å². The van der Waals surface area contributed by atoms with Crippen molar-refractivity contribution in [1.29, 1.82) is 0 Å². The molecule has 0 radical (unpaired) electrons. The van der Waals surface area contributed by atoms with Crippen LogP contribution in [0.3, 0.4) is 0 Å². The third kappa shape index (κ3) is 5.75. The van der Waals surface area contributed by atoms with Gasteiger partial charge in [-0.1, -0.05) is 146 Å². The second-order valence-corrected chi connectivity index (χ2v) is 13.4.